The van der Waals surface area contributed by atoms with E-state index in [-0.39, 0.29) is 11.8 Å². The van der Waals surface area contributed by atoms with Gasteiger partial charge in [0.05, 0.1) is 14.2 Å². The van der Waals surface area contributed by atoms with Gasteiger partial charge in [-0.3, -0.25) is 4.79 Å². The van der Waals surface area contributed by atoms with Crippen LogP contribution >= 0.6 is 0 Å². The lowest BCUT2D eigenvalue weighted by atomic mass is 9.96. The Balaban J connectivity index is 1.72. The van der Waals surface area contributed by atoms with Crippen LogP contribution in [-0.2, 0) is 11.2 Å². The minimum absolute atomic E-state index is 0.187. The van der Waals surface area contributed by atoms with Crippen LogP contribution in [0.25, 0.3) is 0 Å². The van der Waals surface area contributed by atoms with E-state index in [2.05, 4.69) is 17.3 Å². The molecule has 0 saturated carbocycles. The van der Waals surface area contributed by atoms with Crippen LogP contribution in [-0.4, -0.2) is 51.7 Å². The lowest BCUT2D eigenvalue weighted by molar-refractivity contribution is -0.126. The third kappa shape index (κ3) is 5.13. The number of benzene rings is 1. The van der Waals surface area contributed by atoms with Gasteiger partial charge in [-0.25, -0.2) is 0 Å². The first-order valence-corrected chi connectivity index (χ1v) is 8.31. The number of methoxy groups -OCH3 is 2. The predicted octanol–water partition coefficient (Wildman–Crippen LogP) is 2.09. The average Bonchev–Trinajstić information content (AvgIpc) is 2.58. The van der Waals surface area contributed by atoms with E-state index in [9.17, 15) is 4.79 Å². The number of hydrogen-bond donors (Lipinski definition) is 1. The molecule has 5 nitrogen and oxygen atoms in total. The van der Waals surface area contributed by atoms with Crippen molar-refractivity contribution in [3.8, 4) is 11.5 Å². The van der Waals surface area contributed by atoms with Crippen molar-refractivity contribution in [1.29, 1.82) is 0 Å². The van der Waals surface area contributed by atoms with Crippen LogP contribution in [0.1, 0.15) is 24.8 Å². The molecule has 0 unspecified atom stereocenters. The largest absolute Gasteiger partial charge is 0.493 e. The molecule has 1 aromatic carbocycles. The minimum Gasteiger partial charge on any atom is -0.493 e. The van der Waals surface area contributed by atoms with Crippen LogP contribution in [0.3, 0.4) is 0 Å². The standard InChI is InChI=1S/C18H28N2O3/c1-20-11-8-15(9-12-20)18(21)19-10-4-5-14-6-7-16(22-2)17(13-14)23-3/h6-7,13,15H,4-5,8-12H2,1-3H3,(H,19,21). The van der Waals surface area contributed by atoms with Crippen LogP contribution < -0.4 is 14.8 Å². The smallest absolute Gasteiger partial charge is 0.223 e. The molecule has 1 aliphatic rings. The molecule has 1 heterocycles. The summed E-state index contributed by atoms with van der Waals surface area (Å²) in [4.78, 5) is 14.4. The molecule has 2 rings (SSSR count). The molecule has 0 bridgehead atoms. The van der Waals surface area contributed by atoms with Gasteiger partial charge >= 0.3 is 0 Å². The first kappa shape index (κ1) is 17.6. The molecule has 5 heteroatoms. The van der Waals surface area contributed by atoms with Gasteiger partial charge in [0.2, 0.25) is 5.91 Å². The predicted molar refractivity (Wildman–Crippen MR) is 91.1 cm³/mol. The number of ether oxygens (including phenoxy) is 2. The van der Waals surface area contributed by atoms with Crippen LogP contribution in [0.5, 0.6) is 11.5 Å². The maximum atomic E-state index is 12.1. The van der Waals surface area contributed by atoms with Crippen molar-refractivity contribution in [2.24, 2.45) is 5.92 Å². The molecule has 0 atom stereocenters. The second-order valence-electron chi connectivity index (χ2n) is 6.16. The molecule has 0 aromatic heterocycles. The van der Waals surface area contributed by atoms with Gasteiger partial charge in [-0.1, -0.05) is 6.07 Å². The first-order chi connectivity index (χ1) is 11.1. The lowest BCUT2D eigenvalue weighted by Crippen LogP contribution is -2.39. The fourth-order valence-corrected chi connectivity index (χ4v) is 2.96. The van der Waals surface area contributed by atoms with E-state index in [0.29, 0.717) is 0 Å². The van der Waals surface area contributed by atoms with E-state index in [1.807, 2.05) is 18.2 Å². The topological polar surface area (TPSA) is 50.8 Å². The number of aryl methyl sites for hydroxylation is 1. The highest BCUT2D eigenvalue weighted by atomic mass is 16.5. The van der Waals surface area contributed by atoms with Crippen LogP contribution in [0, 0.1) is 5.92 Å². The SMILES string of the molecule is COc1ccc(CCCNC(=O)C2CCN(C)CC2)cc1OC. The maximum Gasteiger partial charge on any atom is 0.223 e. The number of carbonyl (C=O) groups excluding carboxylic acids is 1. The number of nitrogens with zero attached hydrogens (tertiary/aromatic N) is 1. The normalized spacial score (nSPS) is 16.1. The van der Waals surface area contributed by atoms with E-state index in [1.165, 1.54) is 5.56 Å². The van der Waals surface area contributed by atoms with Gasteiger partial charge in [0.15, 0.2) is 11.5 Å². The second-order valence-corrected chi connectivity index (χ2v) is 6.16. The molecular weight excluding hydrogens is 292 g/mol. The summed E-state index contributed by atoms with van der Waals surface area (Å²) in [5.41, 5.74) is 1.19. The van der Waals surface area contributed by atoms with Crippen molar-refractivity contribution in [3.05, 3.63) is 23.8 Å². The summed E-state index contributed by atoms with van der Waals surface area (Å²) in [5, 5.41) is 3.08. The number of rotatable bonds is 7. The summed E-state index contributed by atoms with van der Waals surface area (Å²) in [7, 11) is 5.39. The number of hydrogen-bond acceptors (Lipinski definition) is 4. The highest BCUT2D eigenvalue weighted by molar-refractivity contribution is 5.78. The third-order valence-corrected chi connectivity index (χ3v) is 4.48. The molecule has 23 heavy (non-hydrogen) atoms. The summed E-state index contributed by atoms with van der Waals surface area (Å²) in [5.74, 6) is 1.89. The molecule has 0 spiro atoms. The van der Waals surface area contributed by atoms with Gasteiger partial charge in [-0.05, 0) is 63.5 Å². The Labute approximate surface area is 139 Å². The van der Waals surface area contributed by atoms with Crippen molar-refractivity contribution in [2.75, 3.05) is 40.9 Å². The molecule has 1 saturated heterocycles. The minimum atomic E-state index is 0.187. The maximum absolute atomic E-state index is 12.1. The van der Waals surface area contributed by atoms with Crippen molar-refractivity contribution < 1.29 is 14.3 Å². The van der Waals surface area contributed by atoms with Crippen LogP contribution in [0.4, 0.5) is 0 Å². The number of amides is 1. The highest BCUT2D eigenvalue weighted by Crippen LogP contribution is 2.27. The number of nitrogens with one attached hydrogen (secondary N) is 1. The molecular formula is C18H28N2O3. The van der Waals surface area contributed by atoms with Gasteiger partial charge < -0.3 is 19.7 Å². The summed E-state index contributed by atoms with van der Waals surface area (Å²) in [6.07, 6.45) is 3.78. The molecule has 1 fully saturated rings. The van der Waals surface area contributed by atoms with E-state index in [0.717, 1.165) is 56.8 Å². The van der Waals surface area contributed by atoms with E-state index in [1.54, 1.807) is 14.2 Å². The Morgan fingerprint density at radius 2 is 1.91 bits per heavy atom. The van der Waals surface area contributed by atoms with Gasteiger partial charge in [0.25, 0.3) is 0 Å². The second kappa shape index (κ2) is 8.77. The van der Waals surface area contributed by atoms with Crippen molar-refractivity contribution in [1.82, 2.24) is 10.2 Å². The van der Waals surface area contributed by atoms with E-state index >= 15 is 0 Å². The Bertz CT molecular complexity index is 511. The number of carbonyl (C=O) groups is 1. The third-order valence-electron chi connectivity index (χ3n) is 4.48. The van der Waals surface area contributed by atoms with E-state index < -0.39 is 0 Å². The molecule has 1 aromatic rings. The van der Waals surface area contributed by atoms with Crippen LogP contribution in [0.15, 0.2) is 18.2 Å². The zero-order chi connectivity index (χ0) is 16.7. The lowest BCUT2D eigenvalue weighted by Gasteiger charge is -2.28. The quantitative estimate of drug-likeness (QED) is 0.782. The summed E-state index contributed by atoms with van der Waals surface area (Å²) in [6, 6.07) is 5.96. The number of piperidine rings is 1. The molecule has 1 amide bonds. The molecule has 0 aliphatic carbocycles. The van der Waals surface area contributed by atoms with Gasteiger partial charge in [-0.2, -0.15) is 0 Å². The Kier molecular flexibility index (Phi) is 6.71. The fourth-order valence-electron chi connectivity index (χ4n) is 2.96. The summed E-state index contributed by atoms with van der Waals surface area (Å²) < 4.78 is 10.5. The molecule has 128 valence electrons. The molecule has 1 aliphatic heterocycles. The van der Waals surface area contributed by atoms with Crippen molar-refractivity contribution in [3.63, 3.8) is 0 Å². The zero-order valence-electron chi connectivity index (χ0n) is 14.4. The number of likely N-dealkylation sites (tertiary alicyclic amines) is 1. The Morgan fingerprint density at radius 1 is 1.22 bits per heavy atom. The molecule has 1 N–H and O–H groups in total. The van der Waals surface area contributed by atoms with Crippen LogP contribution in [0.2, 0.25) is 0 Å². The zero-order valence-corrected chi connectivity index (χ0v) is 14.4. The molecule has 0 radical (unpaired) electrons. The fraction of sp³-hybridized carbons (Fsp3) is 0.611. The Hall–Kier alpha value is -1.75. The van der Waals surface area contributed by atoms with Gasteiger partial charge in [-0.15, -0.1) is 0 Å². The van der Waals surface area contributed by atoms with Crippen molar-refractivity contribution >= 4 is 5.91 Å². The first-order valence-electron chi connectivity index (χ1n) is 8.31. The van der Waals surface area contributed by atoms with Gasteiger partial charge in [0.1, 0.15) is 0 Å². The summed E-state index contributed by atoms with van der Waals surface area (Å²) in [6.45, 7) is 2.76. The van der Waals surface area contributed by atoms with E-state index in [4.69, 9.17) is 9.47 Å². The highest BCUT2D eigenvalue weighted by Gasteiger charge is 2.22. The average molecular weight is 320 g/mol. The Morgan fingerprint density at radius 3 is 2.57 bits per heavy atom. The summed E-state index contributed by atoms with van der Waals surface area (Å²) >= 11 is 0. The van der Waals surface area contributed by atoms with Crippen molar-refractivity contribution in [2.45, 2.75) is 25.7 Å². The van der Waals surface area contributed by atoms with Gasteiger partial charge in [0, 0.05) is 12.5 Å². The monoisotopic (exact) mass is 320 g/mol.